The second-order valence-corrected chi connectivity index (χ2v) is 10.7. The Labute approximate surface area is 227 Å². The molecule has 0 saturated heterocycles. The summed E-state index contributed by atoms with van der Waals surface area (Å²) < 4.78 is 37.9. The van der Waals surface area contributed by atoms with Crippen LogP contribution in [-0.4, -0.2) is 43.7 Å². The van der Waals surface area contributed by atoms with Crippen LogP contribution in [0.5, 0.6) is 11.5 Å². The molecule has 1 amide bonds. The van der Waals surface area contributed by atoms with Crippen molar-refractivity contribution >= 4 is 39.2 Å². The number of carbonyl (C=O) groups excluding carboxylic acids is 2. The van der Waals surface area contributed by atoms with E-state index in [1.165, 1.54) is 56.3 Å². The molecule has 0 bridgehead atoms. The van der Waals surface area contributed by atoms with Crippen LogP contribution in [0, 0.1) is 0 Å². The van der Waals surface area contributed by atoms with E-state index in [0.717, 1.165) is 12.8 Å². The highest BCUT2D eigenvalue weighted by atomic mass is 35.5. The predicted molar refractivity (Wildman–Crippen MR) is 144 cm³/mol. The lowest BCUT2D eigenvalue weighted by molar-refractivity contribution is -0.144. The van der Waals surface area contributed by atoms with Gasteiger partial charge in [0.2, 0.25) is 15.9 Å². The van der Waals surface area contributed by atoms with Crippen LogP contribution in [0.4, 0.5) is 5.69 Å². The molecule has 4 rings (SSSR count). The quantitative estimate of drug-likeness (QED) is 0.391. The van der Waals surface area contributed by atoms with E-state index in [2.05, 4.69) is 15.1 Å². The number of aromatic nitrogens is 2. The number of fused-ring (bicyclic) bond motifs is 1. The van der Waals surface area contributed by atoms with Gasteiger partial charge in [0.05, 0.1) is 22.7 Å². The number of amides is 1. The van der Waals surface area contributed by atoms with Crippen LogP contribution >= 0.6 is 11.6 Å². The minimum Gasteiger partial charge on any atom is -0.465 e. The molecule has 0 aliphatic heterocycles. The third-order valence-corrected chi connectivity index (χ3v) is 7.32. The van der Waals surface area contributed by atoms with Crippen molar-refractivity contribution in [2.75, 3.05) is 19.0 Å². The Morgan fingerprint density at radius 1 is 1.11 bits per heavy atom. The largest absolute Gasteiger partial charge is 0.465 e. The van der Waals surface area contributed by atoms with Crippen molar-refractivity contribution < 1.29 is 27.5 Å². The average molecular weight is 563 g/mol. The number of ether oxygens (including phenoxy) is 2. The second kappa shape index (κ2) is 13.4. The first kappa shape index (κ1) is 29.2. The Morgan fingerprint density at radius 2 is 1.82 bits per heavy atom. The molecular weight excluding hydrogens is 532 g/mol. The van der Waals surface area contributed by atoms with Gasteiger partial charge in [-0.3, -0.25) is 14.3 Å². The molecule has 2 N–H and O–H groups in total. The van der Waals surface area contributed by atoms with E-state index in [9.17, 15) is 18.0 Å². The normalized spacial score (nSPS) is 12.5. The Bertz CT molecular complexity index is 1370. The van der Waals surface area contributed by atoms with Crippen molar-refractivity contribution in [2.24, 2.45) is 0 Å². The molecule has 0 unspecified atom stereocenters. The first-order chi connectivity index (χ1) is 18.1. The third-order valence-electron chi connectivity index (χ3n) is 5.61. The number of nitrogens with one attached hydrogen (secondary N) is 2. The fraction of sp³-hybridized carbons (Fsp3) is 0.346. The summed E-state index contributed by atoms with van der Waals surface area (Å²) in [6.45, 7) is 3.92. The Morgan fingerprint density at radius 3 is 2.45 bits per heavy atom. The summed E-state index contributed by atoms with van der Waals surface area (Å²) in [5.41, 5.74) is 3.16. The zero-order valence-electron chi connectivity index (χ0n) is 21.5. The molecule has 3 aromatic rings. The summed E-state index contributed by atoms with van der Waals surface area (Å²) in [6.07, 6.45) is 6.44. The zero-order valence-corrected chi connectivity index (χ0v) is 23.1. The Balaban J connectivity index is 0.000000230. The molecule has 10 nitrogen and oxygen atoms in total. The number of benzene rings is 2. The summed E-state index contributed by atoms with van der Waals surface area (Å²) in [7, 11) is -2.23. The molecule has 2 aromatic carbocycles. The van der Waals surface area contributed by atoms with Crippen LogP contribution in [-0.2, 0) is 43.7 Å². The van der Waals surface area contributed by atoms with Crippen LogP contribution in [0.15, 0.2) is 53.6 Å². The van der Waals surface area contributed by atoms with E-state index < -0.39 is 10.0 Å². The highest BCUT2D eigenvalue weighted by Gasteiger charge is 2.17. The number of rotatable bonds is 8. The van der Waals surface area contributed by atoms with Crippen LogP contribution in [0.3, 0.4) is 0 Å². The van der Waals surface area contributed by atoms with E-state index >= 15 is 0 Å². The molecule has 1 aliphatic rings. The van der Waals surface area contributed by atoms with Gasteiger partial charge in [0, 0.05) is 18.3 Å². The number of halogens is 1. The van der Waals surface area contributed by atoms with Gasteiger partial charge in [0.15, 0.2) is 0 Å². The number of sulfonamides is 1. The minimum absolute atomic E-state index is 0.0540. The molecule has 0 radical (unpaired) electrons. The van der Waals surface area contributed by atoms with Crippen molar-refractivity contribution in [3.63, 3.8) is 0 Å². The molecule has 1 aromatic heterocycles. The van der Waals surface area contributed by atoms with E-state index in [1.807, 2.05) is 13.1 Å². The van der Waals surface area contributed by atoms with Gasteiger partial charge >= 0.3 is 5.97 Å². The van der Waals surface area contributed by atoms with Gasteiger partial charge in [-0.2, -0.15) is 5.10 Å². The zero-order chi connectivity index (χ0) is 27.7. The number of hydrogen-bond acceptors (Lipinski definition) is 7. The Hall–Kier alpha value is -3.41. The first-order valence-electron chi connectivity index (χ1n) is 12.1. The average Bonchev–Trinajstić information content (AvgIpc) is 3.29. The first-order valence-corrected chi connectivity index (χ1v) is 14.0. The fourth-order valence-corrected chi connectivity index (χ4v) is 4.85. The maximum atomic E-state index is 11.7. The van der Waals surface area contributed by atoms with Gasteiger partial charge in [-0.05, 0) is 87.7 Å². The van der Waals surface area contributed by atoms with Crippen molar-refractivity contribution in [3.05, 3.63) is 64.9 Å². The number of anilines is 1. The maximum Gasteiger partial charge on any atom is 0.327 e. The molecule has 0 atom stereocenters. The Kier molecular flexibility index (Phi) is 10.3. The smallest absolute Gasteiger partial charge is 0.327 e. The molecule has 12 heteroatoms. The molecule has 38 heavy (non-hydrogen) atoms. The summed E-state index contributed by atoms with van der Waals surface area (Å²) in [5, 5.41) is 7.05. The molecule has 1 heterocycles. The second-order valence-electron chi connectivity index (χ2n) is 8.39. The molecule has 0 spiro atoms. The molecular formula is C26H31ClN4O6S. The SMILES string of the molecule is CCOC(=O)Cn1ncc2c1CCCC2.CNS(=O)(=O)c1ccc(Oc2ccc(NC(C)=O)cc2)c(Cl)c1. The predicted octanol–water partition coefficient (Wildman–Crippen LogP) is 4.32. The highest BCUT2D eigenvalue weighted by molar-refractivity contribution is 7.89. The van der Waals surface area contributed by atoms with Crippen molar-refractivity contribution in [1.82, 2.24) is 14.5 Å². The number of carbonyl (C=O) groups is 2. The minimum atomic E-state index is -3.56. The number of nitrogens with zero attached hydrogens (tertiary/aromatic N) is 2. The molecule has 0 fully saturated rings. The van der Waals surface area contributed by atoms with Gasteiger partial charge < -0.3 is 14.8 Å². The number of esters is 1. The number of aryl methyl sites for hydroxylation is 1. The highest BCUT2D eigenvalue weighted by Crippen LogP contribution is 2.31. The molecule has 0 saturated carbocycles. The lowest BCUT2D eigenvalue weighted by Gasteiger charge is -2.13. The number of hydrogen-bond donors (Lipinski definition) is 2. The summed E-state index contributed by atoms with van der Waals surface area (Å²) in [5.74, 6) is 0.469. The van der Waals surface area contributed by atoms with Crippen LogP contribution in [0.1, 0.15) is 37.9 Å². The van der Waals surface area contributed by atoms with Crippen LogP contribution < -0.4 is 14.8 Å². The van der Waals surface area contributed by atoms with Gasteiger partial charge in [0.1, 0.15) is 18.0 Å². The van der Waals surface area contributed by atoms with Gasteiger partial charge in [0.25, 0.3) is 0 Å². The molecule has 1 aliphatic carbocycles. The van der Waals surface area contributed by atoms with Crippen molar-refractivity contribution in [2.45, 2.75) is 51.0 Å². The fourth-order valence-electron chi connectivity index (χ4n) is 3.81. The van der Waals surface area contributed by atoms with Gasteiger partial charge in [-0.1, -0.05) is 11.6 Å². The van der Waals surface area contributed by atoms with Gasteiger partial charge in [-0.25, -0.2) is 13.1 Å². The van der Waals surface area contributed by atoms with E-state index in [1.54, 1.807) is 28.9 Å². The summed E-state index contributed by atoms with van der Waals surface area (Å²) in [6, 6.07) is 10.9. The van der Waals surface area contributed by atoms with Crippen molar-refractivity contribution in [3.8, 4) is 11.5 Å². The third kappa shape index (κ3) is 8.04. The molecule has 204 valence electrons. The van der Waals surface area contributed by atoms with E-state index in [4.69, 9.17) is 21.1 Å². The summed E-state index contributed by atoms with van der Waals surface area (Å²) in [4.78, 5) is 22.3. The van der Waals surface area contributed by atoms with Crippen molar-refractivity contribution in [1.29, 1.82) is 0 Å². The topological polar surface area (TPSA) is 129 Å². The summed E-state index contributed by atoms with van der Waals surface area (Å²) >= 11 is 6.07. The lowest BCUT2D eigenvalue weighted by atomic mass is 9.98. The standard InChI is InChI=1S/C15H15ClN2O4S.C11H16N2O2/c1-10(19)18-11-3-5-12(6-4-11)22-15-8-7-13(9-14(15)16)23(20,21)17-2;1-2-15-11(14)8-13-10-6-4-3-5-9(10)7-12-13/h3-9,17H,1-2H3,(H,18,19);7H,2-6,8H2,1H3. The van der Waals surface area contributed by atoms with E-state index in [-0.39, 0.29) is 28.3 Å². The van der Waals surface area contributed by atoms with Crippen LogP contribution in [0.25, 0.3) is 0 Å². The van der Waals surface area contributed by atoms with Crippen LogP contribution in [0.2, 0.25) is 5.02 Å². The van der Waals surface area contributed by atoms with Gasteiger partial charge in [-0.15, -0.1) is 0 Å². The maximum absolute atomic E-state index is 11.7. The van der Waals surface area contributed by atoms with E-state index in [0.29, 0.717) is 23.8 Å². The lowest BCUT2D eigenvalue weighted by Crippen LogP contribution is -2.18. The monoisotopic (exact) mass is 562 g/mol.